The molecule has 1 rings (SSSR count). The molecule has 0 radical (unpaired) electrons. The average Bonchev–Trinajstić information content (AvgIpc) is 2.21. The van der Waals surface area contributed by atoms with Gasteiger partial charge < -0.3 is 10.5 Å². The smallest absolute Gasteiger partial charge is 0.122 e. The predicted molar refractivity (Wildman–Crippen MR) is 59.7 cm³/mol. The molecule has 0 saturated carbocycles. The van der Waals surface area contributed by atoms with Gasteiger partial charge in [0.05, 0.1) is 6.61 Å². The molecule has 2 N–H and O–H groups in total. The van der Waals surface area contributed by atoms with E-state index in [0.717, 1.165) is 25.2 Å². The topological polar surface area (TPSA) is 35.2 Å². The van der Waals surface area contributed by atoms with E-state index in [1.165, 1.54) is 11.1 Å². The van der Waals surface area contributed by atoms with Gasteiger partial charge in [-0.1, -0.05) is 19.1 Å². The van der Waals surface area contributed by atoms with Crippen LogP contribution in [0.25, 0.3) is 0 Å². The molecular formula is C12H19NO. The number of benzene rings is 1. The summed E-state index contributed by atoms with van der Waals surface area (Å²) in [5, 5.41) is 0. The van der Waals surface area contributed by atoms with Crippen LogP contribution in [0.2, 0.25) is 0 Å². The SMILES string of the molecule is CCOc1ccc(CCN)cc1CC. The van der Waals surface area contributed by atoms with Gasteiger partial charge in [-0.3, -0.25) is 0 Å². The fourth-order valence-electron chi connectivity index (χ4n) is 1.53. The van der Waals surface area contributed by atoms with Gasteiger partial charge in [-0.15, -0.1) is 0 Å². The zero-order valence-corrected chi connectivity index (χ0v) is 9.05. The number of rotatable bonds is 5. The Morgan fingerprint density at radius 1 is 1.29 bits per heavy atom. The summed E-state index contributed by atoms with van der Waals surface area (Å²) in [5.74, 6) is 1.01. The highest BCUT2D eigenvalue weighted by atomic mass is 16.5. The van der Waals surface area contributed by atoms with Gasteiger partial charge >= 0.3 is 0 Å². The van der Waals surface area contributed by atoms with Gasteiger partial charge in [0.1, 0.15) is 5.75 Å². The molecule has 0 aliphatic carbocycles. The van der Waals surface area contributed by atoms with Crippen LogP contribution >= 0.6 is 0 Å². The van der Waals surface area contributed by atoms with Crippen LogP contribution in [-0.2, 0) is 12.8 Å². The Hall–Kier alpha value is -1.02. The van der Waals surface area contributed by atoms with Crippen molar-refractivity contribution in [2.75, 3.05) is 13.2 Å². The molecule has 0 bridgehead atoms. The molecule has 14 heavy (non-hydrogen) atoms. The molecule has 0 spiro atoms. The van der Waals surface area contributed by atoms with Gasteiger partial charge in [-0.25, -0.2) is 0 Å². The molecule has 0 aliphatic heterocycles. The third-order valence-corrected chi connectivity index (χ3v) is 2.24. The Bertz CT molecular complexity index is 284. The first-order valence-electron chi connectivity index (χ1n) is 5.26. The summed E-state index contributed by atoms with van der Waals surface area (Å²) in [6, 6.07) is 6.34. The van der Waals surface area contributed by atoms with E-state index in [1.54, 1.807) is 0 Å². The van der Waals surface area contributed by atoms with E-state index in [2.05, 4.69) is 19.1 Å². The van der Waals surface area contributed by atoms with Gasteiger partial charge in [0.25, 0.3) is 0 Å². The van der Waals surface area contributed by atoms with Gasteiger partial charge in [0, 0.05) is 0 Å². The van der Waals surface area contributed by atoms with Gasteiger partial charge in [0.2, 0.25) is 0 Å². The van der Waals surface area contributed by atoms with Crippen LogP contribution in [0.3, 0.4) is 0 Å². The molecule has 0 amide bonds. The highest BCUT2D eigenvalue weighted by molar-refractivity contribution is 5.37. The second kappa shape index (κ2) is 5.66. The summed E-state index contributed by atoms with van der Waals surface area (Å²) in [4.78, 5) is 0. The molecule has 0 aromatic heterocycles. The molecule has 0 heterocycles. The first kappa shape index (κ1) is 11.1. The van der Waals surface area contributed by atoms with Crippen LogP contribution in [0.4, 0.5) is 0 Å². The molecule has 0 saturated heterocycles. The highest BCUT2D eigenvalue weighted by Crippen LogP contribution is 2.20. The lowest BCUT2D eigenvalue weighted by molar-refractivity contribution is 0.336. The Kier molecular flexibility index (Phi) is 4.47. The maximum absolute atomic E-state index is 5.53. The van der Waals surface area contributed by atoms with Crippen molar-refractivity contribution in [3.63, 3.8) is 0 Å². The van der Waals surface area contributed by atoms with E-state index in [1.807, 2.05) is 13.0 Å². The van der Waals surface area contributed by atoms with Crippen LogP contribution in [0.1, 0.15) is 25.0 Å². The van der Waals surface area contributed by atoms with E-state index in [-0.39, 0.29) is 0 Å². The lowest BCUT2D eigenvalue weighted by atomic mass is 10.1. The summed E-state index contributed by atoms with van der Waals surface area (Å²) >= 11 is 0. The average molecular weight is 193 g/mol. The van der Waals surface area contributed by atoms with Crippen LogP contribution in [-0.4, -0.2) is 13.2 Å². The monoisotopic (exact) mass is 193 g/mol. The van der Waals surface area contributed by atoms with E-state index in [0.29, 0.717) is 6.54 Å². The van der Waals surface area contributed by atoms with E-state index < -0.39 is 0 Å². The first-order chi connectivity index (χ1) is 6.81. The van der Waals surface area contributed by atoms with Crippen molar-refractivity contribution >= 4 is 0 Å². The zero-order valence-electron chi connectivity index (χ0n) is 9.05. The summed E-state index contributed by atoms with van der Waals surface area (Å²) in [5.41, 5.74) is 8.09. The van der Waals surface area contributed by atoms with Crippen molar-refractivity contribution in [2.24, 2.45) is 5.73 Å². The van der Waals surface area contributed by atoms with E-state index in [9.17, 15) is 0 Å². The summed E-state index contributed by atoms with van der Waals surface area (Å²) in [7, 11) is 0. The molecule has 2 heteroatoms. The quantitative estimate of drug-likeness (QED) is 0.777. The lowest BCUT2D eigenvalue weighted by Crippen LogP contribution is -2.04. The van der Waals surface area contributed by atoms with E-state index in [4.69, 9.17) is 10.5 Å². The minimum Gasteiger partial charge on any atom is -0.494 e. The Morgan fingerprint density at radius 2 is 2.07 bits per heavy atom. The summed E-state index contributed by atoms with van der Waals surface area (Å²) in [6.07, 6.45) is 1.95. The summed E-state index contributed by atoms with van der Waals surface area (Å²) < 4.78 is 5.53. The second-order valence-electron chi connectivity index (χ2n) is 3.27. The van der Waals surface area contributed by atoms with Crippen LogP contribution in [0.15, 0.2) is 18.2 Å². The fraction of sp³-hybridized carbons (Fsp3) is 0.500. The highest BCUT2D eigenvalue weighted by Gasteiger charge is 2.02. The molecule has 1 aromatic rings. The standard InChI is InChI=1S/C12H19NO/c1-3-11-9-10(7-8-13)5-6-12(11)14-4-2/h5-6,9H,3-4,7-8,13H2,1-2H3. The Labute approximate surface area is 86.1 Å². The molecular weight excluding hydrogens is 174 g/mol. The molecule has 0 unspecified atom stereocenters. The van der Waals surface area contributed by atoms with Gasteiger partial charge in [-0.2, -0.15) is 0 Å². The molecule has 2 nitrogen and oxygen atoms in total. The number of nitrogens with two attached hydrogens (primary N) is 1. The van der Waals surface area contributed by atoms with Crippen molar-refractivity contribution in [2.45, 2.75) is 26.7 Å². The first-order valence-corrected chi connectivity index (χ1v) is 5.26. The third kappa shape index (κ3) is 2.74. The van der Waals surface area contributed by atoms with Crippen molar-refractivity contribution in [3.05, 3.63) is 29.3 Å². The van der Waals surface area contributed by atoms with Crippen LogP contribution in [0.5, 0.6) is 5.75 Å². The Morgan fingerprint density at radius 3 is 2.64 bits per heavy atom. The Balaban J connectivity index is 2.87. The minimum atomic E-state index is 0.705. The maximum Gasteiger partial charge on any atom is 0.122 e. The number of ether oxygens (including phenoxy) is 1. The normalized spacial score (nSPS) is 10.2. The molecule has 0 aliphatic rings. The molecule has 0 fully saturated rings. The maximum atomic E-state index is 5.53. The molecule has 0 atom stereocenters. The van der Waals surface area contributed by atoms with Gasteiger partial charge in [-0.05, 0) is 43.5 Å². The van der Waals surface area contributed by atoms with Crippen molar-refractivity contribution < 1.29 is 4.74 Å². The number of hydrogen-bond acceptors (Lipinski definition) is 2. The third-order valence-electron chi connectivity index (χ3n) is 2.24. The minimum absolute atomic E-state index is 0.705. The van der Waals surface area contributed by atoms with Crippen molar-refractivity contribution in [3.8, 4) is 5.75 Å². The largest absolute Gasteiger partial charge is 0.494 e. The molecule has 78 valence electrons. The van der Waals surface area contributed by atoms with Crippen LogP contribution in [0, 0.1) is 0 Å². The van der Waals surface area contributed by atoms with Crippen molar-refractivity contribution in [1.82, 2.24) is 0 Å². The van der Waals surface area contributed by atoms with Crippen molar-refractivity contribution in [1.29, 1.82) is 0 Å². The molecule has 1 aromatic carbocycles. The van der Waals surface area contributed by atoms with Gasteiger partial charge in [0.15, 0.2) is 0 Å². The lowest BCUT2D eigenvalue weighted by Gasteiger charge is -2.10. The second-order valence-corrected chi connectivity index (χ2v) is 3.27. The van der Waals surface area contributed by atoms with Crippen LogP contribution < -0.4 is 10.5 Å². The summed E-state index contributed by atoms with van der Waals surface area (Å²) in [6.45, 7) is 5.58. The fourth-order valence-corrected chi connectivity index (χ4v) is 1.53. The number of aryl methyl sites for hydroxylation is 1. The van der Waals surface area contributed by atoms with E-state index >= 15 is 0 Å². The number of hydrogen-bond donors (Lipinski definition) is 1. The predicted octanol–water partition coefficient (Wildman–Crippen LogP) is 2.15. The zero-order chi connectivity index (χ0) is 10.4.